The number of aryl methyl sites for hydroxylation is 1. The first-order chi connectivity index (χ1) is 14.1. The van der Waals surface area contributed by atoms with Crippen molar-refractivity contribution in [2.24, 2.45) is 5.92 Å². The molecule has 2 aromatic carbocycles. The third-order valence-electron chi connectivity index (χ3n) is 5.71. The second-order valence-corrected chi connectivity index (χ2v) is 8.41. The van der Waals surface area contributed by atoms with Crippen molar-refractivity contribution in [3.05, 3.63) is 70.0 Å². The van der Waals surface area contributed by atoms with Gasteiger partial charge in [0.25, 0.3) is 0 Å². The van der Waals surface area contributed by atoms with Gasteiger partial charge in [0.15, 0.2) is 0 Å². The van der Waals surface area contributed by atoms with E-state index in [1.54, 1.807) is 12.1 Å². The lowest BCUT2D eigenvalue weighted by molar-refractivity contribution is 0.0159. The van der Waals surface area contributed by atoms with Crippen LogP contribution in [-0.2, 0) is 11.2 Å². The molecule has 0 amide bonds. The van der Waals surface area contributed by atoms with Gasteiger partial charge in [-0.05, 0) is 86.8 Å². The summed E-state index contributed by atoms with van der Waals surface area (Å²) in [6, 6.07) is 12.9. The molecule has 0 aliphatic heterocycles. The molecule has 0 spiro atoms. The van der Waals surface area contributed by atoms with Crippen LogP contribution in [0.3, 0.4) is 0 Å². The monoisotopic (exact) mass is 412 g/mol. The Morgan fingerprint density at radius 1 is 1.03 bits per heavy atom. The van der Waals surface area contributed by atoms with Crippen molar-refractivity contribution in [3.8, 4) is 11.8 Å². The summed E-state index contributed by atoms with van der Waals surface area (Å²) >= 11 is 5.78. The number of rotatable bonds is 7. The average molecular weight is 413 g/mol. The van der Waals surface area contributed by atoms with Crippen molar-refractivity contribution >= 4 is 11.6 Å². The number of hydrogen-bond acceptors (Lipinski definition) is 1. The van der Waals surface area contributed by atoms with Gasteiger partial charge in [-0.1, -0.05) is 48.9 Å². The van der Waals surface area contributed by atoms with E-state index in [-0.39, 0.29) is 5.82 Å². The van der Waals surface area contributed by atoms with E-state index < -0.39 is 0 Å². The molecule has 1 aliphatic carbocycles. The SMILES string of the molecule is CCCCOC1CCC(CCc2ccc(C#Cc3ccc(Cl)cc3F)cc2)CC1. The Morgan fingerprint density at radius 2 is 1.79 bits per heavy atom. The molecule has 3 rings (SSSR count). The number of unbranched alkanes of at least 4 members (excludes halogenated alkanes) is 1. The Bertz CT molecular complexity index is 826. The highest BCUT2D eigenvalue weighted by Crippen LogP contribution is 2.29. The summed E-state index contributed by atoms with van der Waals surface area (Å²) in [4.78, 5) is 0. The molecule has 1 aliphatic rings. The highest BCUT2D eigenvalue weighted by molar-refractivity contribution is 6.30. The van der Waals surface area contributed by atoms with Crippen LogP contribution in [0.25, 0.3) is 0 Å². The molecule has 0 N–H and O–H groups in total. The minimum Gasteiger partial charge on any atom is -0.378 e. The van der Waals surface area contributed by atoms with Gasteiger partial charge < -0.3 is 4.74 Å². The van der Waals surface area contributed by atoms with Gasteiger partial charge in [0.1, 0.15) is 5.82 Å². The van der Waals surface area contributed by atoms with Crippen LogP contribution in [0.15, 0.2) is 42.5 Å². The second kappa shape index (κ2) is 11.4. The predicted octanol–water partition coefficient (Wildman–Crippen LogP) is 7.19. The van der Waals surface area contributed by atoms with Crippen LogP contribution in [0, 0.1) is 23.6 Å². The molecule has 1 saturated carbocycles. The number of benzene rings is 2. The van der Waals surface area contributed by atoms with Crippen LogP contribution >= 0.6 is 11.6 Å². The first-order valence-corrected chi connectivity index (χ1v) is 11.2. The molecular formula is C26H30ClFO. The van der Waals surface area contributed by atoms with Gasteiger partial charge in [0.2, 0.25) is 0 Å². The summed E-state index contributed by atoms with van der Waals surface area (Å²) in [5.74, 6) is 6.35. The Morgan fingerprint density at radius 3 is 2.48 bits per heavy atom. The highest BCUT2D eigenvalue weighted by atomic mass is 35.5. The summed E-state index contributed by atoms with van der Waals surface area (Å²) in [7, 11) is 0. The zero-order valence-electron chi connectivity index (χ0n) is 17.2. The third kappa shape index (κ3) is 7.18. The summed E-state index contributed by atoms with van der Waals surface area (Å²) in [5.41, 5.74) is 2.61. The molecule has 1 fully saturated rings. The van der Waals surface area contributed by atoms with Gasteiger partial charge in [-0.2, -0.15) is 0 Å². The van der Waals surface area contributed by atoms with Crippen LogP contribution in [0.5, 0.6) is 0 Å². The van der Waals surface area contributed by atoms with Gasteiger partial charge in [0.05, 0.1) is 11.7 Å². The molecule has 0 atom stereocenters. The van der Waals surface area contributed by atoms with Gasteiger partial charge >= 0.3 is 0 Å². The largest absolute Gasteiger partial charge is 0.378 e. The van der Waals surface area contributed by atoms with Crippen molar-refractivity contribution < 1.29 is 9.13 Å². The fourth-order valence-electron chi connectivity index (χ4n) is 3.84. The molecule has 29 heavy (non-hydrogen) atoms. The maximum Gasteiger partial charge on any atom is 0.140 e. The highest BCUT2D eigenvalue weighted by Gasteiger charge is 2.21. The molecule has 3 heteroatoms. The lowest BCUT2D eigenvalue weighted by Crippen LogP contribution is -2.22. The van der Waals surface area contributed by atoms with Crippen molar-refractivity contribution in [1.82, 2.24) is 0 Å². The van der Waals surface area contributed by atoms with E-state index in [9.17, 15) is 4.39 Å². The molecule has 0 bridgehead atoms. The lowest BCUT2D eigenvalue weighted by Gasteiger charge is -2.28. The minimum atomic E-state index is -0.382. The fraction of sp³-hybridized carbons (Fsp3) is 0.462. The number of hydrogen-bond donors (Lipinski definition) is 0. The van der Waals surface area contributed by atoms with Crippen molar-refractivity contribution in [2.45, 2.75) is 64.4 Å². The van der Waals surface area contributed by atoms with E-state index in [2.05, 4.69) is 30.9 Å². The van der Waals surface area contributed by atoms with Crippen LogP contribution in [0.4, 0.5) is 4.39 Å². The normalized spacial score (nSPS) is 18.9. The van der Waals surface area contributed by atoms with E-state index >= 15 is 0 Å². The molecule has 0 unspecified atom stereocenters. The first kappa shape index (κ1) is 21.9. The maximum atomic E-state index is 13.8. The van der Waals surface area contributed by atoms with Crippen molar-refractivity contribution in [3.63, 3.8) is 0 Å². The van der Waals surface area contributed by atoms with Gasteiger partial charge in [-0.25, -0.2) is 4.39 Å². The molecule has 1 nitrogen and oxygen atoms in total. The second-order valence-electron chi connectivity index (χ2n) is 7.98. The Hall–Kier alpha value is -1.82. The van der Waals surface area contributed by atoms with Crippen LogP contribution in [-0.4, -0.2) is 12.7 Å². The third-order valence-corrected chi connectivity index (χ3v) is 5.95. The zero-order valence-corrected chi connectivity index (χ0v) is 18.0. The standard InChI is InChI=1S/C26H30ClFO/c1-2-3-18-29-25-16-11-22(12-17-25)9-6-20-4-7-21(8-5-20)10-13-23-14-15-24(27)19-26(23)28/h4-5,7-8,14-15,19,22,25H,2-3,6,9,11-12,16-18H2,1H3. The van der Waals surface area contributed by atoms with Crippen molar-refractivity contribution in [1.29, 1.82) is 0 Å². The number of halogens is 2. The summed E-state index contributed by atoms with van der Waals surface area (Å²) in [5, 5.41) is 0.384. The Labute approximate surface area is 179 Å². The topological polar surface area (TPSA) is 9.23 Å². The smallest absolute Gasteiger partial charge is 0.140 e. The molecule has 154 valence electrons. The molecule has 0 saturated heterocycles. The molecular weight excluding hydrogens is 383 g/mol. The minimum absolute atomic E-state index is 0.368. The van der Waals surface area contributed by atoms with E-state index in [1.165, 1.54) is 56.6 Å². The lowest BCUT2D eigenvalue weighted by atomic mass is 9.83. The van der Waals surface area contributed by atoms with E-state index in [4.69, 9.17) is 16.3 Å². The summed E-state index contributed by atoms with van der Waals surface area (Å²) in [6.45, 7) is 3.13. The van der Waals surface area contributed by atoms with Crippen LogP contribution in [0.2, 0.25) is 5.02 Å². The fourth-order valence-corrected chi connectivity index (χ4v) is 4.00. The molecule has 2 aromatic rings. The number of ether oxygens (including phenoxy) is 1. The predicted molar refractivity (Wildman–Crippen MR) is 119 cm³/mol. The van der Waals surface area contributed by atoms with Crippen LogP contribution < -0.4 is 0 Å². The van der Waals surface area contributed by atoms with E-state index in [0.29, 0.717) is 16.7 Å². The Balaban J connectivity index is 1.44. The van der Waals surface area contributed by atoms with Gasteiger partial charge in [-0.3, -0.25) is 0 Å². The Kier molecular flexibility index (Phi) is 8.59. The summed E-state index contributed by atoms with van der Waals surface area (Å²) in [6.07, 6.45) is 10.2. The maximum absolute atomic E-state index is 13.8. The van der Waals surface area contributed by atoms with E-state index in [0.717, 1.165) is 24.5 Å². The van der Waals surface area contributed by atoms with Crippen molar-refractivity contribution in [2.75, 3.05) is 6.61 Å². The van der Waals surface area contributed by atoms with Gasteiger partial charge in [0, 0.05) is 17.2 Å². The quantitative estimate of drug-likeness (QED) is 0.345. The zero-order chi connectivity index (χ0) is 20.5. The van der Waals surface area contributed by atoms with Crippen LogP contribution in [0.1, 0.15) is 68.6 Å². The summed E-state index contributed by atoms with van der Waals surface area (Å²) < 4.78 is 19.8. The molecule has 0 radical (unpaired) electrons. The van der Waals surface area contributed by atoms with E-state index in [1.807, 2.05) is 12.1 Å². The average Bonchev–Trinajstić information content (AvgIpc) is 2.73. The van der Waals surface area contributed by atoms with Gasteiger partial charge in [-0.15, -0.1) is 0 Å². The molecule has 0 aromatic heterocycles. The first-order valence-electron chi connectivity index (χ1n) is 10.8. The molecule has 0 heterocycles.